The van der Waals surface area contributed by atoms with Gasteiger partial charge in [0, 0.05) is 31.7 Å². The predicted molar refractivity (Wildman–Crippen MR) is 100 cm³/mol. The van der Waals surface area contributed by atoms with E-state index in [0.29, 0.717) is 5.56 Å². The summed E-state index contributed by atoms with van der Waals surface area (Å²) in [6, 6.07) is 14.0. The van der Waals surface area contributed by atoms with Gasteiger partial charge in [0.25, 0.3) is 0 Å². The number of carbonyl (C=O) groups is 1. The molecular weight excluding hydrogens is 388 g/mol. The molecule has 0 aliphatic carbocycles. The molecular formula is C18H20N2O5S2. The highest BCUT2D eigenvalue weighted by Gasteiger charge is 2.33. The van der Waals surface area contributed by atoms with Crippen LogP contribution in [-0.2, 0) is 20.0 Å². The Labute approximate surface area is 159 Å². The number of carbonyl (C=O) groups excluding carboxylic acids is 1. The number of piperazine rings is 1. The number of hydrogen-bond acceptors (Lipinski definition) is 5. The minimum absolute atomic E-state index is 0.0366. The van der Waals surface area contributed by atoms with Crippen molar-refractivity contribution in [2.75, 3.05) is 26.2 Å². The quantitative estimate of drug-likeness (QED) is 0.701. The zero-order chi connectivity index (χ0) is 19.7. The Morgan fingerprint density at radius 2 is 1.22 bits per heavy atom. The minimum Gasteiger partial charge on any atom is -0.295 e. The van der Waals surface area contributed by atoms with Gasteiger partial charge >= 0.3 is 0 Å². The Kier molecular flexibility index (Phi) is 5.48. The summed E-state index contributed by atoms with van der Waals surface area (Å²) in [5.41, 5.74) is 0.321. The Bertz CT molecular complexity index is 1040. The van der Waals surface area contributed by atoms with Crippen LogP contribution in [0.1, 0.15) is 17.3 Å². The van der Waals surface area contributed by atoms with Crippen molar-refractivity contribution < 1.29 is 21.6 Å². The van der Waals surface area contributed by atoms with Gasteiger partial charge in [-0.05, 0) is 31.2 Å². The molecule has 1 saturated heterocycles. The minimum atomic E-state index is -3.79. The normalized spacial score (nSPS) is 16.9. The molecule has 0 N–H and O–H groups in total. The van der Waals surface area contributed by atoms with Crippen LogP contribution >= 0.6 is 0 Å². The first-order valence-corrected chi connectivity index (χ1v) is 11.3. The highest BCUT2D eigenvalue weighted by atomic mass is 32.2. The summed E-state index contributed by atoms with van der Waals surface area (Å²) in [5, 5.41) is 0. The summed E-state index contributed by atoms with van der Waals surface area (Å²) in [5.74, 6) is -0.217. The van der Waals surface area contributed by atoms with Crippen LogP contribution in [-0.4, -0.2) is 57.4 Å². The van der Waals surface area contributed by atoms with Crippen molar-refractivity contribution in [3.8, 4) is 0 Å². The number of ketones is 1. The van der Waals surface area contributed by atoms with Crippen molar-refractivity contribution in [3.05, 3.63) is 60.2 Å². The summed E-state index contributed by atoms with van der Waals surface area (Å²) < 4.78 is 53.5. The maximum Gasteiger partial charge on any atom is 0.243 e. The zero-order valence-electron chi connectivity index (χ0n) is 14.8. The molecule has 9 heteroatoms. The average Bonchev–Trinajstić information content (AvgIpc) is 2.69. The molecule has 0 bridgehead atoms. The molecule has 0 atom stereocenters. The Balaban J connectivity index is 1.77. The first-order valence-electron chi connectivity index (χ1n) is 8.39. The second-order valence-electron chi connectivity index (χ2n) is 6.21. The van der Waals surface area contributed by atoms with Crippen LogP contribution in [0.25, 0.3) is 0 Å². The Morgan fingerprint density at radius 3 is 1.74 bits per heavy atom. The van der Waals surface area contributed by atoms with Crippen molar-refractivity contribution in [1.82, 2.24) is 8.61 Å². The fraction of sp³-hybridized carbons (Fsp3) is 0.278. The van der Waals surface area contributed by atoms with Gasteiger partial charge < -0.3 is 0 Å². The van der Waals surface area contributed by atoms with E-state index in [1.807, 2.05) is 0 Å². The van der Waals surface area contributed by atoms with Gasteiger partial charge in [-0.25, -0.2) is 16.8 Å². The van der Waals surface area contributed by atoms with Gasteiger partial charge in [-0.2, -0.15) is 8.61 Å². The van der Waals surface area contributed by atoms with Gasteiger partial charge in [0.05, 0.1) is 9.79 Å². The lowest BCUT2D eigenvalue weighted by Gasteiger charge is -2.33. The third kappa shape index (κ3) is 3.96. The van der Waals surface area contributed by atoms with Gasteiger partial charge in [0.2, 0.25) is 20.0 Å². The topological polar surface area (TPSA) is 91.8 Å². The molecule has 0 aromatic heterocycles. The van der Waals surface area contributed by atoms with Gasteiger partial charge in [-0.3, -0.25) is 4.79 Å². The van der Waals surface area contributed by atoms with E-state index in [-0.39, 0.29) is 41.8 Å². The van der Waals surface area contributed by atoms with E-state index in [1.54, 1.807) is 24.3 Å². The van der Waals surface area contributed by atoms with Crippen LogP contribution in [0.3, 0.4) is 0 Å². The molecule has 144 valence electrons. The molecule has 1 heterocycles. The van der Waals surface area contributed by atoms with Gasteiger partial charge in [0.1, 0.15) is 0 Å². The van der Waals surface area contributed by atoms with E-state index < -0.39 is 20.0 Å². The summed E-state index contributed by atoms with van der Waals surface area (Å²) in [6.07, 6.45) is 0. The zero-order valence-corrected chi connectivity index (χ0v) is 16.4. The smallest absolute Gasteiger partial charge is 0.243 e. The molecule has 0 radical (unpaired) electrons. The van der Waals surface area contributed by atoms with Gasteiger partial charge in [-0.1, -0.05) is 30.3 Å². The molecule has 2 aromatic carbocycles. The number of Topliss-reactive ketones (excluding diaryl/α,β-unsaturated/α-hetero) is 1. The largest absolute Gasteiger partial charge is 0.295 e. The van der Waals surface area contributed by atoms with Crippen LogP contribution in [0.4, 0.5) is 0 Å². The van der Waals surface area contributed by atoms with Crippen LogP contribution < -0.4 is 0 Å². The maximum atomic E-state index is 12.8. The van der Waals surface area contributed by atoms with E-state index in [9.17, 15) is 21.6 Å². The molecule has 3 rings (SSSR count). The average molecular weight is 409 g/mol. The van der Waals surface area contributed by atoms with Crippen LogP contribution in [0.15, 0.2) is 64.4 Å². The molecule has 1 aliphatic heterocycles. The standard InChI is InChI=1S/C18H20N2O5S2/c1-15(21)16-6-5-9-18(14-16)27(24,25)20-12-10-19(11-13-20)26(22,23)17-7-3-2-4-8-17/h2-9,14H,10-13H2,1H3. The second kappa shape index (κ2) is 7.51. The van der Waals surface area contributed by atoms with E-state index >= 15 is 0 Å². The molecule has 7 nitrogen and oxygen atoms in total. The summed E-state index contributed by atoms with van der Waals surface area (Å²) in [4.78, 5) is 11.7. The third-order valence-corrected chi connectivity index (χ3v) is 8.26. The SMILES string of the molecule is CC(=O)c1cccc(S(=O)(=O)N2CCN(S(=O)(=O)c3ccccc3)CC2)c1. The number of hydrogen-bond donors (Lipinski definition) is 0. The van der Waals surface area contributed by atoms with Crippen molar-refractivity contribution in [2.24, 2.45) is 0 Å². The molecule has 0 amide bonds. The Hall–Kier alpha value is -2.07. The lowest BCUT2D eigenvalue weighted by Crippen LogP contribution is -2.50. The van der Waals surface area contributed by atoms with Crippen molar-refractivity contribution in [1.29, 1.82) is 0 Å². The number of nitrogens with zero attached hydrogens (tertiary/aromatic N) is 2. The molecule has 1 fully saturated rings. The molecule has 0 spiro atoms. The number of rotatable bonds is 5. The second-order valence-corrected chi connectivity index (χ2v) is 10.1. The first-order chi connectivity index (χ1) is 12.7. The van der Waals surface area contributed by atoms with Crippen molar-refractivity contribution in [2.45, 2.75) is 16.7 Å². The summed E-state index contributed by atoms with van der Waals surface area (Å²) in [7, 11) is -7.44. The van der Waals surface area contributed by atoms with Gasteiger partial charge in [-0.15, -0.1) is 0 Å². The van der Waals surface area contributed by atoms with Crippen molar-refractivity contribution >= 4 is 25.8 Å². The Morgan fingerprint density at radius 1 is 0.741 bits per heavy atom. The first kappa shape index (κ1) is 19.7. The lowest BCUT2D eigenvalue weighted by atomic mass is 10.2. The highest BCUT2D eigenvalue weighted by Crippen LogP contribution is 2.22. The molecule has 0 unspecified atom stereocenters. The van der Waals surface area contributed by atoms with E-state index in [0.717, 1.165) is 0 Å². The molecule has 1 aliphatic rings. The van der Waals surface area contributed by atoms with Crippen LogP contribution in [0.2, 0.25) is 0 Å². The van der Waals surface area contributed by atoms with E-state index in [1.165, 1.54) is 45.9 Å². The lowest BCUT2D eigenvalue weighted by molar-refractivity contribution is 0.101. The molecule has 0 saturated carbocycles. The molecule has 2 aromatic rings. The van der Waals surface area contributed by atoms with Crippen LogP contribution in [0, 0.1) is 0 Å². The predicted octanol–water partition coefficient (Wildman–Crippen LogP) is 1.58. The van der Waals surface area contributed by atoms with E-state index in [2.05, 4.69) is 0 Å². The summed E-state index contributed by atoms with van der Waals surface area (Å²) >= 11 is 0. The number of sulfonamides is 2. The molecule has 27 heavy (non-hydrogen) atoms. The van der Waals surface area contributed by atoms with Crippen molar-refractivity contribution in [3.63, 3.8) is 0 Å². The third-order valence-electron chi connectivity index (χ3n) is 4.46. The number of benzene rings is 2. The van der Waals surface area contributed by atoms with Crippen LogP contribution in [0.5, 0.6) is 0 Å². The summed E-state index contributed by atoms with van der Waals surface area (Å²) in [6.45, 7) is 1.63. The fourth-order valence-electron chi connectivity index (χ4n) is 2.92. The fourth-order valence-corrected chi connectivity index (χ4v) is 5.83. The van der Waals surface area contributed by atoms with Gasteiger partial charge in [0.15, 0.2) is 5.78 Å². The monoisotopic (exact) mass is 408 g/mol. The van der Waals surface area contributed by atoms with E-state index in [4.69, 9.17) is 0 Å². The maximum absolute atomic E-state index is 12.8. The highest BCUT2D eigenvalue weighted by molar-refractivity contribution is 7.89.